The molecule has 0 unspecified atom stereocenters. The minimum atomic E-state index is -0.953. The fourth-order valence-corrected chi connectivity index (χ4v) is 5.46. The smallest absolute Gasteiger partial charge is 0.336 e. The van der Waals surface area contributed by atoms with Crippen molar-refractivity contribution >= 4 is 28.3 Å². The number of rotatable bonds is 7. The first kappa shape index (κ1) is 27.1. The summed E-state index contributed by atoms with van der Waals surface area (Å²) in [5.41, 5.74) is 5.01. The van der Waals surface area contributed by atoms with Crippen molar-refractivity contribution in [2.24, 2.45) is 0 Å². The zero-order chi connectivity index (χ0) is 29.2. The number of carboxylic acid groups (broad SMARTS) is 1. The molecule has 1 aliphatic rings. The number of ether oxygens (including phenoxy) is 1. The number of benzene rings is 4. The van der Waals surface area contributed by atoms with Crippen molar-refractivity contribution in [1.29, 1.82) is 0 Å². The van der Waals surface area contributed by atoms with Crippen LogP contribution in [0.4, 0.5) is 5.69 Å². The average Bonchev–Trinajstić information content (AvgIpc) is 3.46. The molecule has 1 aromatic heterocycles. The van der Waals surface area contributed by atoms with Crippen LogP contribution in [0, 0.1) is 6.92 Å². The number of hydrogen-bond acceptors (Lipinski definition) is 5. The summed E-state index contributed by atoms with van der Waals surface area (Å²) in [6, 6.07) is 27.0. The zero-order valence-corrected chi connectivity index (χ0v) is 23.6. The number of nitrogens with zero attached hydrogens (tertiary/aromatic N) is 3. The number of nitrogens with one attached hydrogen (secondary N) is 1. The van der Waals surface area contributed by atoms with Crippen LogP contribution in [0.25, 0.3) is 33.4 Å². The molecular formula is C34H32N4O4. The van der Waals surface area contributed by atoms with Crippen LogP contribution in [0.2, 0.25) is 0 Å². The van der Waals surface area contributed by atoms with Crippen LogP contribution in [0.5, 0.6) is 5.75 Å². The average molecular weight is 561 g/mol. The third-order valence-electron chi connectivity index (χ3n) is 7.67. The van der Waals surface area contributed by atoms with Crippen LogP contribution in [0.15, 0.2) is 84.9 Å². The maximum absolute atomic E-state index is 14.0. The third-order valence-corrected chi connectivity index (χ3v) is 7.67. The highest BCUT2D eigenvalue weighted by Crippen LogP contribution is 2.31. The fraction of sp³-hybridized carbons (Fsp3) is 0.206. The zero-order valence-electron chi connectivity index (χ0n) is 23.6. The summed E-state index contributed by atoms with van der Waals surface area (Å²) in [7, 11) is 0. The first-order valence-corrected chi connectivity index (χ1v) is 14.1. The van der Waals surface area contributed by atoms with Gasteiger partial charge in [-0.1, -0.05) is 66.2 Å². The summed E-state index contributed by atoms with van der Waals surface area (Å²) in [5.74, 6) is 0.257. The molecule has 0 saturated carbocycles. The van der Waals surface area contributed by atoms with Crippen LogP contribution >= 0.6 is 0 Å². The molecule has 0 aliphatic carbocycles. The van der Waals surface area contributed by atoms with E-state index < -0.39 is 5.97 Å². The van der Waals surface area contributed by atoms with Gasteiger partial charge in [0.1, 0.15) is 11.6 Å². The molecule has 1 saturated heterocycles. The summed E-state index contributed by atoms with van der Waals surface area (Å²) in [6.45, 7) is 6.64. The Morgan fingerprint density at radius 2 is 1.67 bits per heavy atom. The second kappa shape index (κ2) is 11.4. The molecule has 1 fully saturated rings. The number of hydrogen-bond donors (Lipinski definition) is 2. The lowest BCUT2D eigenvalue weighted by atomic mass is 10.0. The summed E-state index contributed by atoms with van der Waals surface area (Å²) in [5, 5.41) is 11.4. The number of aromatic nitrogens is 2. The number of anilines is 1. The maximum Gasteiger partial charge on any atom is 0.336 e. The second-order valence-corrected chi connectivity index (χ2v) is 10.4. The number of carbonyl (C=O) groups excluding carboxylic acids is 1. The Kier molecular flexibility index (Phi) is 7.35. The van der Waals surface area contributed by atoms with Gasteiger partial charge in [-0.2, -0.15) is 0 Å². The lowest BCUT2D eigenvalue weighted by Gasteiger charge is -2.36. The summed E-state index contributed by atoms with van der Waals surface area (Å²) in [4.78, 5) is 38.1. The number of fused-ring (bicyclic) bond motifs is 1. The van der Waals surface area contributed by atoms with Crippen molar-refractivity contribution in [3.8, 4) is 28.4 Å². The molecular weight excluding hydrogens is 528 g/mol. The first-order valence-electron chi connectivity index (χ1n) is 14.1. The predicted molar refractivity (Wildman–Crippen MR) is 164 cm³/mol. The molecule has 212 valence electrons. The SMILES string of the molecule is CCOc1cccc(-c2[nH]c(-c3ccc(C)cc3)nc2C(=O)N2CCN(c3cc(C(=O)O)c4ccccc4c3)CC2)c1. The molecule has 0 spiro atoms. The monoisotopic (exact) mass is 560 g/mol. The highest BCUT2D eigenvalue weighted by molar-refractivity contribution is 6.05. The summed E-state index contributed by atoms with van der Waals surface area (Å²) in [6.07, 6.45) is 0. The molecule has 42 heavy (non-hydrogen) atoms. The third kappa shape index (κ3) is 5.31. The van der Waals surface area contributed by atoms with Gasteiger partial charge in [0.15, 0.2) is 5.69 Å². The van der Waals surface area contributed by atoms with Crippen molar-refractivity contribution in [2.45, 2.75) is 13.8 Å². The van der Waals surface area contributed by atoms with Gasteiger partial charge in [-0.05, 0) is 48.9 Å². The van der Waals surface area contributed by atoms with E-state index in [0.717, 1.165) is 33.5 Å². The van der Waals surface area contributed by atoms with Gasteiger partial charge >= 0.3 is 5.97 Å². The number of amides is 1. The van der Waals surface area contributed by atoms with Crippen molar-refractivity contribution in [2.75, 3.05) is 37.7 Å². The van der Waals surface area contributed by atoms with Crippen molar-refractivity contribution in [3.05, 3.63) is 102 Å². The van der Waals surface area contributed by atoms with Crippen molar-refractivity contribution in [1.82, 2.24) is 14.9 Å². The van der Waals surface area contributed by atoms with Gasteiger partial charge in [0.25, 0.3) is 5.91 Å². The molecule has 0 atom stereocenters. The van der Waals surface area contributed by atoms with Gasteiger partial charge in [0, 0.05) is 43.0 Å². The summed E-state index contributed by atoms with van der Waals surface area (Å²) < 4.78 is 5.72. The number of imidazole rings is 1. The Hall–Kier alpha value is -5.11. The molecule has 2 heterocycles. The highest BCUT2D eigenvalue weighted by Gasteiger charge is 2.28. The molecule has 6 rings (SSSR count). The topological polar surface area (TPSA) is 98.8 Å². The maximum atomic E-state index is 14.0. The van der Waals surface area contributed by atoms with Gasteiger partial charge in [0.05, 0.1) is 17.9 Å². The Morgan fingerprint density at radius 3 is 2.40 bits per heavy atom. The molecule has 0 radical (unpaired) electrons. The largest absolute Gasteiger partial charge is 0.494 e. The lowest BCUT2D eigenvalue weighted by molar-refractivity contribution is 0.0698. The molecule has 0 bridgehead atoms. The van der Waals surface area contributed by atoms with Gasteiger partial charge in [0.2, 0.25) is 0 Å². The van der Waals surface area contributed by atoms with Crippen LogP contribution in [0.3, 0.4) is 0 Å². The number of carbonyl (C=O) groups is 2. The minimum Gasteiger partial charge on any atom is -0.494 e. The normalized spacial score (nSPS) is 13.4. The van der Waals surface area contributed by atoms with Crippen molar-refractivity contribution in [3.63, 3.8) is 0 Å². The van der Waals surface area contributed by atoms with Gasteiger partial charge < -0.3 is 24.6 Å². The van der Waals surface area contributed by atoms with E-state index >= 15 is 0 Å². The van der Waals surface area contributed by atoms with Crippen LogP contribution in [-0.2, 0) is 0 Å². The Labute approximate surface area is 244 Å². The van der Waals surface area contributed by atoms with E-state index in [1.165, 1.54) is 0 Å². The molecule has 1 amide bonds. The van der Waals surface area contributed by atoms with E-state index in [4.69, 9.17) is 9.72 Å². The minimum absolute atomic E-state index is 0.147. The lowest BCUT2D eigenvalue weighted by Crippen LogP contribution is -2.49. The Bertz CT molecular complexity index is 1770. The number of piperazine rings is 1. The number of aryl methyl sites for hydroxylation is 1. The molecule has 5 aromatic rings. The van der Waals surface area contributed by atoms with Crippen LogP contribution in [-0.4, -0.2) is 64.6 Å². The first-order chi connectivity index (χ1) is 20.4. The van der Waals surface area contributed by atoms with Crippen molar-refractivity contribution < 1.29 is 19.4 Å². The second-order valence-electron chi connectivity index (χ2n) is 10.4. The molecule has 4 aromatic carbocycles. The van der Waals surface area contributed by atoms with Crippen LogP contribution < -0.4 is 9.64 Å². The number of aromatic carboxylic acids is 1. The van der Waals surface area contributed by atoms with Gasteiger partial charge in [-0.15, -0.1) is 0 Å². The number of H-pyrrole nitrogens is 1. The van der Waals surface area contributed by atoms with Crippen LogP contribution in [0.1, 0.15) is 33.3 Å². The fourth-order valence-electron chi connectivity index (χ4n) is 5.46. The number of carboxylic acids is 1. The quantitative estimate of drug-likeness (QED) is 0.244. The molecule has 2 N–H and O–H groups in total. The highest BCUT2D eigenvalue weighted by atomic mass is 16.5. The standard InChI is InChI=1S/C34H32N4O4/c1-3-42-27-9-6-8-25(20-27)30-31(36-32(35-30)23-13-11-22(2)12-14-23)33(39)38-17-15-37(16-18-38)26-19-24-7-4-5-10-28(24)29(21-26)34(40)41/h4-14,19-21H,3,15-18H2,1-2H3,(H,35,36)(H,40,41). The number of aromatic amines is 1. The van der Waals surface area contributed by atoms with E-state index in [-0.39, 0.29) is 11.5 Å². The van der Waals surface area contributed by atoms with E-state index in [2.05, 4.69) is 9.88 Å². The van der Waals surface area contributed by atoms with E-state index in [1.54, 1.807) is 6.07 Å². The summed E-state index contributed by atoms with van der Waals surface area (Å²) >= 11 is 0. The molecule has 8 heteroatoms. The Balaban J connectivity index is 1.28. The van der Waals surface area contributed by atoms with E-state index in [0.29, 0.717) is 55.4 Å². The predicted octanol–water partition coefficient (Wildman–Crippen LogP) is 6.26. The Morgan fingerprint density at radius 1 is 0.905 bits per heavy atom. The van der Waals surface area contributed by atoms with E-state index in [1.807, 2.05) is 97.6 Å². The van der Waals surface area contributed by atoms with Gasteiger partial charge in [-0.3, -0.25) is 4.79 Å². The van der Waals surface area contributed by atoms with E-state index in [9.17, 15) is 14.7 Å². The molecule has 1 aliphatic heterocycles. The van der Waals surface area contributed by atoms with Gasteiger partial charge in [-0.25, -0.2) is 9.78 Å². The molecule has 8 nitrogen and oxygen atoms in total.